The van der Waals surface area contributed by atoms with Gasteiger partial charge >= 0.3 is 0 Å². The Labute approximate surface area is 156 Å². The van der Waals surface area contributed by atoms with Gasteiger partial charge in [0.1, 0.15) is 0 Å². The number of rotatable bonds is 4. The summed E-state index contributed by atoms with van der Waals surface area (Å²) in [6, 6.07) is 7.85. The largest absolute Gasteiger partial charge is 0.338 e. The summed E-state index contributed by atoms with van der Waals surface area (Å²) in [5.41, 5.74) is 1.82. The minimum absolute atomic E-state index is 0.0260. The van der Waals surface area contributed by atoms with Gasteiger partial charge in [-0.25, -0.2) is 0 Å². The Morgan fingerprint density at radius 3 is 2.31 bits per heavy atom. The molecule has 0 bridgehead atoms. The molecule has 2 aliphatic heterocycles. The normalized spacial score (nSPS) is 21.5. The number of hydrogen-bond acceptors (Lipinski definition) is 4. The van der Waals surface area contributed by atoms with Crippen molar-refractivity contribution >= 4 is 11.8 Å². The van der Waals surface area contributed by atoms with Crippen LogP contribution in [0.1, 0.15) is 28.8 Å². The highest BCUT2D eigenvalue weighted by molar-refractivity contribution is 5.96. The molecule has 2 heterocycles. The fourth-order valence-electron chi connectivity index (χ4n) is 3.94. The van der Waals surface area contributed by atoms with E-state index < -0.39 is 0 Å². The van der Waals surface area contributed by atoms with Gasteiger partial charge in [0, 0.05) is 38.3 Å². The van der Waals surface area contributed by atoms with E-state index in [0.29, 0.717) is 26.2 Å². The number of amides is 2. The fourth-order valence-corrected chi connectivity index (χ4v) is 3.94. The van der Waals surface area contributed by atoms with Crippen LogP contribution in [0, 0.1) is 0 Å². The van der Waals surface area contributed by atoms with Crippen LogP contribution in [0.25, 0.3) is 0 Å². The minimum atomic E-state index is 0.0260. The standard InChI is InChI=1S/C20H30N4O2/c1-21(2)15-16-7-4-5-8-17(16)19(25)23-11-13-24(14-12-23)20(26)18-9-6-10-22(18)3/h4-5,7-8,18H,6,9-15H2,1-3H3. The number of likely N-dealkylation sites (N-methyl/N-ethyl adjacent to an activating group) is 1. The Balaban J connectivity index is 1.61. The van der Waals surface area contributed by atoms with Crippen LogP contribution in [0.5, 0.6) is 0 Å². The molecule has 2 amide bonds. The third-order valence-electron chi connectivity index (χ3n) is 5.42. The summed E-state index contributed by atoms with van der Waals surface area (Å²) in [4.78, 5) is 33.7. The molecule has 1 atom stereocenters. The molecule has 0 N–H and O–H groups in total. The van der Waals surface area contributed by atoms with Gasteiger partial charge in [-0.3, -0.25) is 14.5 Å². The smallest absolute Gasteiger partial charge is 0.254 e. The van der Waals surface area contributed by atoms with Crippen LogP contribution < -0.4 is 0 Å². The highest BCUT2D eigenvalue weighted by Crippen LogP contribution is 2.19. The van der Waals surface area contributed by atoms with E-state index in [2.05, 4.69) is 9.80 Å². The predicted octanol–water partition coefficient (Wildman–Crippen LogP) is 1.13. The van der Waals surface area contributed by atoms with Gasteiger partial charge in [0.25, 0.3) is 5.91 Å². The molecular weight excluding hydrogens is 328 g/mol. The van der Waals surface area contributed by atoms with Gasteiger partial charge in [-0.2, -0.15) is 0 Å². The average molecular weight is 358 g/mol. The van der Waals surface area contributed by atoms with E-state index in [4.69, 9.17) is 0 Å². The third kappa shape index (κ3) is 4.07. The monoisotopic (exact) mass is 358 g/mol. The molecule has 0 radical (unpaired) electrons. The van der Waals surface area contributed by atoms with Crippen LogP contribution in [0.2, 0.25) is 0 Å². The number of nitrogens with zero attached hydrogens (tertiary/aromatic N) is 4. The fraction of sp³-hybridized carbons (Fsp3) is 0.600. The van der Waals surface area contributed by atoms with Gasteiger partial charge in [0.2, 0.25) is 5.91 Å². The van der Waals surface area contributed by atoms with Crippen molar-refractivity contribution in [1.82, 2.24) is 19.6 Å². The molecule has 142 valence electrons. The number of carbonyl (C=O) groups excluding carboxylic acids is 2. The molecule has 0 aromatic heterocycles. The summed E-state index contributed by atoms with van der Waals surface area (Å²) >= 11 is 0. The Morgan fingerprint density at radius 1 is 1.04 bits per heavy atom. The van der Waals surface area contributed by atoms with Crippen LogP contribution in [0.4, 0.5) is 0 Å². The number of piperazine rings is 1. The molecule has 6 nitrogen and oxygen atoms in total. The van der Waals surface area contributed by atoms with Crippen LogP contribution in [0.3, 0.4) is 0 Å². The maximum atomic E-state index is 13.0. The molecule has 2 aliphatic rings. The van der Waals surface area contributed by atoms with Gasteiger partial charge < -0.3 is 14.7 Å². The quantitative estimate of drug-likeness (QED) is 0.809. The Hall–Kier alpha value is -1.92. The summed E-state index contributed by atoms with van der Waals surface area (Å²) in [5, 5.41) is 0. The van der Waals surface area contributed by atoms with Crippen LogP contribution in [0.15, 0.2) is 24.3 Å². The molecule has 6 heteroatoms. The number of likely N-dealkylation sites (tertiary alicyclic amines) is 1. The van der Waals surface area contributed by atoms with Crippen molar-refractivity contribution in [1.29, 1.82) is 0 Å². The van der Waals surface area contributed by atoms with Gasteiger partial charge in [0.15, 0.2) is 0 Å². The Morgan fingerprint density at radius 2 is 1.69 bits per heavy atom. The molecule has 1 unspecified atom stereocenters. The topological polar surface area (TPSA) is 47.1 Å². The second kappa shape index (κ2) is 8.18. The molecule has 2 fully saturated rings. The lowest BCUT2D eigenvalue weighted by Crippen LogP contribution is -2.54. The molecule has 0 spiro atoms. The molecular formula is C20H30N4O2. The van der Waals surface area contributed by atoms with Crippen molar-refractivity contribution in [3.63, 3.8) is 0 Å². The van der Waals surface area contributed by atoms with Crippen molar-refractivity contribution in [2.45, 2.75) is 25.4 Å². The van der Waals surface area contributed by atoms with E-state index in [1.54, 1.807) is 0 Å². The first-order chi connectivity index (χ1) is 12.5. The van der Waals surface area contributed by atoms with Crippen molar-refractivity contribution in [2.75, 3.05) is 53.9 Å². The minimum Gasteiger partial charge on any atom is -0.338 e. The van der Waals surface area contributed by atoms with E-state index in [0.717, 1.165) is 37.1 Å². The number of benzene rings is 1. The lowest BCUT2D eigenvalue weighted by Gasteiger charge is -2.37. The molecule has 3 rings (SSSR count). The lowest BCUT2D eigenvalue weighted by atomic mass is 10.1. The first-order valence-electron chi connectivity index (χ1n) is 9.48. The SMILES string of the molecule is CN(C)Cc1ccccc1C(=O)N1CCN(C(=O)C2CCCN2C)CC1. The molecule has 0 saturated carbocycles. The highest BCUT2D eigenvalue weighted by Gasteiger charge is 2.33. The van der Waals surface area contributed by atoms with Crippen LogP contribution in [-0.2, 0) is 11.3 Å². The van der Waals surface area contributed by atoms with Gasteiger partial charge in [-0.05, 0) is 52.2 Å². The molecule has 26 heavy (non-hydrogen) atoms. The van der Waals surface area contributed by atoms with Crippen molar-refractivity contribution < 1.29 is 9.59 Å². The molecule has 2 saturated heterocycles. The Kier molecular flexibility index (Phi) is 5.94. The van der Waals surface area contributed by atoms with E-state index in [-0.39, 0.29) is 17.9 Å². The third-order valence-corrected chi connectivity index (χ3v) is 5.42. The van der Waals surface area contributed by atoms with Gasteiger partial charge in [-0.15, -0.1) is 0 Å². The maximum absolute atomic E-state index is 13.0. The second-order valence-corrected chi connectivity index (χ2v) is 7.65. The highest BCUT2D eigenvalue weighted by atomic mass is 16.2. The maximum Gasteiger partial charge on any atom is 0.254 e. The summed E-state index contributed by atoms with van der Waals surface area (Å²) < 4.78 is 0. The summed E-state index contributed by atoms with van der Waals surface area (Å²) in [6.45, 7) is 4.22. The van der Waals surface area contributed by atoms with Crippen LogP contribution in [-0.4, -0.2) is 91.3 Å². The zero-order valence-corrected chi connectivity index (χ0v) is 16.1. The molecule has 0 aliphatic carbocycles. The van der Waals surface area contributed by atoms with Gasteiger partial charge in [-0.1, -0.05) is 18.2 Å². The van der Waals surface area contributed by atoms with Crippen molar-refractivity contribution in [2.24, 2.45) is 0 Å². The van der Waals surface area contributed by atoms with Crippen LogP contribution >= 0.6 is 0 Å². The van der Waals surface area contributed by atoms with E-state index in [9.17, 15) is 9.59 Å². The average Bonchev–Trinajstić information content (AvgIpc) is 3.06. The summed E-state index contributed by atoms with van der Waals surface area (Å²) in [6.07, 6.45) is 2.04. The van der Waals surface area contributed by atoms with Crippen molar-refractivity contribution in [3.8, 4) is 0 Å². The molecule has 1 aromatic rings. The van der Waals surface area contributed by atoms with E-state index >= 15 is 0 Å². The van der Waals surface area contributed by atoms with E-state index in [1.165, 1.54) is 0 Å². The van der Waals surface area contributed by atoms with Crippen molar-refractivity contribution in [3.05, 3.63) is 35.4 Å². The van der Waals surface area contributed by atoms with E-state index in [1.807, 2.05) is 55.2 Å². The summed E-state index contributed by atoms with van der Waals surface area (Å²) in [7, 11) is 6.04. The number of carbonyl (C=O) groups is 2. The number of hydrogen-bond donors (Lipinski definition) is 0. The predicted molar refractivity (Wildman–Crippen MR) is 102 cm³/mol. The molecule has 1 aromatic carbocycles. The zero-order valence-electron chi connectivity index (χ0n) is 16.1. The first kappa shape index (κ1) is 18.9. The first-order valence-corrected chi connectivity index (χ1v) is 9.48. The zero-order chi connectivity index (χ0) is 18.7. The second-order valence-electron chi connectivity index (χ2n) is 7.65. The van der Waals surface area contributed by atoms with Gasteiger partial charge in [0.05, 0.1) is 6.04 Å². The lowest BCUT2D eigenvalue weighted by molar-refractivity contribution is -0.137. The Bertz CT molecular complexity index is 653. The summed E-state index contributed by atoms with van der Waals surface area (Å²) in [5.74, 6) is 0.303.